The van der Waals surface area contributed by atoms with Crippen LogP contribution in [0.25, 0.3) is 0 Å². The Labute approximate surface area is 139 Å². The minimum atomic E-state index is -0.966. The Morgan fingerprint density at radius 1 is 1.33 bits per heavy atom. The largest absolute Gasteiger partial charge is 0.481 e. The topological polar surface area (TPSA) is 137 Å². The lowest BCUT2D eigenvalue weighted by Gasteiger charge is -2.17. The van der Waals surface area contributed by atoms with Crippen molar-refractivity contribution in [2.75, 3.05) is 17.2 Å². The fraction of sp³-hybridized carbons (Fsp3) is 0.250. The van der Waals surface area contributed by atoms with Crippen LogP contribution in [0.2, 0.25) is 0 Å². The Kier molecular flexibility index (Phi) is 6.97. The highest BCUT2D eigenvalue weighted by molar-refractivity contribution is 6.01. The number of hydrogen-bond donors (Lipinski definition) is 3. The van der Waals surface area contributed by atoms with E-state index < -0.39 is 11.9 Å². The molecule has 0 saturated carbocycles. The first-order valence-electron chi connectivity index (χ1n) is 7.12. The number of carbonyl (C=O) groups is 3. The van der Waals surface area contributed by atoms with Crippen molar-refractivity contribution in [1.29, 1.82) is 5.26 Å². The zero-order valence-electron chi connectivity index (χ0n) is 13.2. The molecule has 0 radical (unpaired) electrons. The molecule has 0 atom stereocenters. The van der Waals surface area contributed by atoms with Crippen molar-refractivity contribution in [2.45, 2.75) is 19.8 Å². The summed E-state index contributed by atoms with van der Waals surface area (Å²) in [7, 11) is 0. The average Bonchev–Trinajstić information content (AvgIpc) is 2.53. The molecule has 0 aliphatic rings. The molecule has 0 aliphatic heterocycles. The third-order valence-corrected chi connectivity index (χ3v) is 2.99. The van der Waals surface area contributed by atoms with Crippen LogP contribution in [0.4, 0.5) is 11.4 Å². The van der Waals surface area contributed by atoms with E-state index in [-0.39, 0.29) is 30.9 Å². The third kappa shape index (κ3) is 5.81. The number of nitrogens with zero attached hydrogens (tertiary/aromatic N) is 2. The highest BCUT2D eigenvalue weighted by atomic mass is 16.4. The van der Waals surface area contributed by atoms with E-state index in [0.29, 0.717) is 11.4 Å². The molecule has 0 aromatic heterocycles. The van der Waals surface area contributed by atoms with Crippen LogP contribution in [0.15, 0.2) is 36.0 Å². The molecule has 8 heteroatoms. The van der Waals surface area contributed by atoms with Gasteiger partial charge in [-0.2, -0.15) is 5.26 Å². The first-order valence-corrected chi connectivity index (χ1v) is 7.12. The highest BCUT2D eigenvalue weighted by Crippen LogP contribution is 2.18. The Bertz CT molecular complexity index is 689. The predicted octanol–water partition coefficient (Wildman–Crippen LogP) is 1.01. The summed E-state index contributed by atoms with van der Waals surface area (Å²) in [6, 6.07) is 8.10. The second-order valence-corrected chi connectivity index (χ2v) is 4.89. The SMILES string of the molecule is CC(=O)N(/C=C(/C#N)C(=O)NCCCC(=O)O)c1ccc(N)cc1. The molecule has 8 nitrogen and oxygen atoms in total. The van der Waals surface area contributed by atoms with Gasteiger partial charge in [-0.15, -0.1) is 0 Å². The smallest absolute Gasteiger partial charge is 0.303 e. The second kappa shape index (κ2) is 8.95. The number of benzene rings is 1. The summed E-state index contributed by atoms with van der Waals surface area (Å²) in [5.41, 5.74) is 6.30. The number of amides is 2. The molecule has 0 spiro atoms. The minimum absolute atomic E-state index is 0.0864. The molecule has 0 saturated heterocycles. The molecule has 24 heavy (non-hydrogen) atoms. The lowest BCUT2D eigenvalue weighted by molar-refractivity contribution is -0.137. The van der Waals surface area contributed by atoms with Crippen molar-refractivity contribution in [3.63, 3.8) is 0 Å². The van der Waals surface area contributed by atoms with E-state index in [9.17, 15) is 14.4 Å². The van der Waals surface area contributed by atoms with E-state index in [1.54, 1.807) is 30.3 Å². The van der Waals surface area contributed by atoms with Crippen molar-refractivity contribution in [2.24, 2.45) is 0 Å². The van der Waals surface area contributed by atoms with Crippen molar-refractivity contribution in [3.8, 4) is 6.07 Å². The van der Waals surface area contributed by atoms with Crippen LogP contribution in [-0.4, -0.2) is 29.4 Å². The van der Waals surface area contributed by atoms with Gasteiger partial charge in [-0.05, 0) is 30.7 Å². The number of nitrogens with one attached hydrogen (secondary N) is 1. The van der Waals surface area contributed by atoms with Gasteiger partial charge in [0.1, 0.15) is 11.6 Å². The lowest BCUT2D eigenvalue weighted by atomic mass is 10.2. The number of carboxylic acid groups (broad SMARTS) is 1. The van der Waals surface area contributed by atoms with Crippen molar-refractivity contribution < 1.29 is 19.5 Å². The second-order valence-electron chi connectivity index (χ2n) is 4.89. The van der Waals surface area contributed by atoms with Gasteiger partial charge in [0.15, 0.2) is 0 Å². The maximum atomic E-state index is 12.0. The molecule has 4 N–H and O–H groups in total. The number of carboxylic acids is 1. The summed E-state index contributed by atoms with van der Waals surface area (Å²) >= 11 is 0. The van der Waals surface area contributed by atoms with Crippen LogP contribution in [0.5, 0.6) is 0 Å². The first kappa shape index (κ1) is 18.7. The molecule has 1 aromatic rings. The maximum absolute atomic E-state index is 12.0. The minimum Gasteiger partial charge on any atom is -0.481 e. The molecule has 1 aromatic carbocycles. The monoisotopic (exact) mass is 330 g/mol. The summed E-state index contributed by atoms with van der Waals surface area (Å²) in [5, 5.41) is 20.1. The summed E-state index contributed by atoms with van der Waals surface area (Å²) in [6.45, 7) is 1.42. The van der Waals surface area contributed by atoms with Gasteiger partial charge in [0, 0.05) is 37.5 Å². The standard InChI is InChI=1S/C16H18N4O4/c1-11(21)20(14-6-4-13(18)5-7-14)10-12(9-17)16(24)19-8-2-3-15(22)23/h4-7,10H,2-3,8,18H2,1H3,(H,19,24)(H,22,23)/b12-10-. The number of anilines is 2. The van der Waals surface area contributed by atoms with Gasteiger partial charge in [-0.1, -0.05) is 0 Å². The van der Waals surface area contributed by atoms with Crippen LogP contribution in [0, 0.1) is 11.3 Å². The molecular weight excluding hydrogens is 312 g/mol. The molecule has 0 fully saturated rings. The Balaban J connectivity index is 2.87. The van der Waals surface area contributed by atoms with Gasteiger partial charge in [-0.25, -0.2) is 0 Å². The summed E-state index contributed by atoms with van der Waals surface area (Å²) in [6.07, 6.45) is 1.30. The van der Waals surface area contributed by atoms with Gasteiger partial charge >= 0.3 is 5.97 Å². The van der Waals surface area contributed by atoms with Gasteiger partial charge in [0.25, 0.3) is 5.91 Å². The summed E-state index contributed by atoms with van der Waals surface area (Å²) in [5.74, 6) is -2.03. The number of nitrogens with two attached hydrogens (primary N) is 1. The Hall–Kier alpha value is -3.34. The van der Waals surface area contributed by atoms with E-state index in [2.05, 4.69) is 5.32 Å². The average molecular weight is 330 g/mol. The van der Waals surface area contributed by atoms with E-state index in [0.717, 1.165) is 11.1 Å². The van der Waals surface area contributed by atoms with Crippen LogP contribution >= 0.6 is 0 Å². The lowest BCUT2D eigenvalue weighted by Crippen LogP contribution is -2.29. The van der Waals surface area contributed by atoms with Gasteiger partial charge < -0.3 is 16.2 Å². The number of nitriles is 1. The Morgan fingerprint density at radius 2 is 1.96 bits per heavy atom. The summed E-state index contributed by atoms with van der Waals surface area (Å²) in [4.78, 5) is 35.3. The number of aliphatic carboxylic acids is 1. The normalized spacial score (nSPS) is 10.6. The van der Waals surface area contributed by atoms with Crippen molar-refractivity contribution in [1.82, 2.24) is 5.32 Å². The fourth-order valence-corrected chi connectivity index (χ4v) is 1.79. The highest BCUT2D eigenvalue weighted by Gasteiger charge is 2.15. The molecule has 0 bridgehead atoms. The zero-order chi connectivity index (χ0) is 18.1. The van der Waals surface area contributed by atoms with Crippen LogP contribution in [0.3, 0.4) is 0 Å². The van der Waals surface area contributed by atoms with E-state index in [1.165, 1.54) is 6.92 Å². The Morgan fingerprint density at radius 3 is 2.46 bits per heavy atom. The number of nitrogen functional groups attached to an aromatic ring is 1. The zero-order valence-corrected chi connectivity index (χ0v) is 13.2. The molecule has 1 rings (SSSR count). The van der Waals surface area contributed by atoms with Crippen LogP contribution in [-0.2, 0) is 14.4 Å². The molecular formula is C16H18N4O4. The van der Waals surface area contributed by atoms with E-state index >= 15 is 0 Å². The van der Waals surface area contributed by atoms with Crippen molar-refractivity contribution in [3.05, 3.63) is 36.0 Å². The van der Waals surface area contributed by atoms with Crippen LogP contribution < -0.4 is 16.0 Å². The number of carbonyl (C=O) groups excluding carboxylic acids is 2. The van der Waals surface area contributed by atoms with Crippen LogP contribution in [0.1, 0.15) is 19.8 Å². The number of rotatable bonds is 7. The quantitative estimate of drug-likeness (QED) is 0.295. The first-order chi connectivity index (χ1) is 11.3. The molecule has 0 aliphatic carbocycles. The van der Waals surface area contributed by atoms with E-state index in [4.69, 9.17) is 16.1 Å². The van der Waals surface area contributed by atoms with E-state index in [1.807, 2.05) is 0 Å². The summed E-state index contributed by atoms with van der Waals surface area (Å²) < 4.78 is 0. The van der Waals surface area contributed by atoms with Gasteiger partial charge in [0.2, 0.25) is 5.91 Å². The predicted molar refractivity (Wildman–Crippen MR) is 87.6 cm³/mol. The van der Waals surface area contributed by atoms with Gasteiger partial charge in [0.05, 0.1) is 0 Å². The molecule has 0 heterocycles. The fourth-order valence-electron chi connectivity index (χ4n) is 1.79. The number of hydrogen-bond acceptors (Lipinski definition) is 5. The van der Waals surface area contributed by atoms with Crippen molar-refractivity contribution >= 4 is 29.2 Å². The van der Waals surface area contributed by atoms with Gasteiger partial charge in [-0.3, -0.25) is 19.3 Å². The molecule has 0 unspecified atom stereocenters. The third-order valence-electron chi connectivity index (χ3n) is 2.99. The molecule has 2 amide bonds. The maximum Gasteiger partial charge on any atom is 0.303 e. The molecule has 126 valence electrons.